The van der Waals surface area contributed by atoms with Gasteiger partial charge in [0.2, 0.25) is 15.9 Å². The smallest absolute Gasteiger partial charge is 0.759 e. The number of rotatable bonds is 7. The van der Waals surface area contributed by atoms with Crippen LogP contribution in [-0.4, -0.2) is 25.2 Å². The number of aryl methyl sites for hydroxylation is 1. The molecule has 0 aromatic heterocycles. The summed E-state index contributed by atoms with van der Waals surface area (Å²) in [5.74, 6) is -0.588. The molecule has 180 valence electrons. The zero-order valence-electron chi connectivity index (χ0n) is 21.0. The Morgan fingerprint density at radius 2 is 1.62 bits per heavy atom. The fraction of sp³-hybridized carbons (Fsp3) is 0.500. The van der Waals surface area contributed by atoms with Crippen molar-refractivity contribution in [1.29, 1.82) is 0 Å². The van der Waals surface area contributed by atoms with Gasteiger partial charge < -0.3 is 10.7 Å². The molecule has 0 radical (unpaired) electrons. The third-order valence-corrected chi connectivity index (χ3v) is 8.57. The van der Waals surface area contributed by atoms with Crippen LogP contribution in [0.2, 0.25) is 0 Å². The second-order valence-electron chi connectivity index (χ2n) is 10.2. The number of benzene rings is 2. The van der Waals surface area contributed by atoms with E-state index >= 15 is 0 Å². The number of hydrogen-bond donors (Lipinski definition) is 1. The van der Waals surface area contributed by atoms with Crippen LogP contribution >= 0.6 is 0 Å². The Balaban J connectivity index is 0.00000408. The van der Waals surface area contributed by atoms with E-state index in [0.29, 0.717) is 30.8 Å². The summed E-state index contributed by atoms with van der Waals surface area (Å²) in [6.45, 7) is 8.99. The van der Waals surface area contributed by atoms with Gasteiger partial charge in [-0.15, -0.1) is 0 Å². The summed E-state index contributed by atoms with van der Waals surface area (Å²) in [6.07, 6.45) is 2.66. The summed E-state index contributed by atoms with van der Waals surface area (Å²) in [5.41, 5.74) is 4.55. The van der Waals surface area contributed by atoms with Crippen molar-refractivity contribution in [3.05, 3.63) is 70.4 Å². The largest absolute Gasteiger partial charge is 1.00 e. The maximum absolute atomic E-state index is 13.7. The summed E-state index contributed by atoms with van der Waals surface area (Å²) in [4.78, 5) is 12.0. The molecule has 1 aliphatic rings. The zero-order chi connectivity index (χ0) is 24.2. The van der Waals surface area contributed by atoms with Crippen molar-refractivity contribution >= 4 is 15.9 Å². The van der Waals surface area contributed by atoms with Crippen LogP contribution in [0.25, 0.3) is 0 Å². The van der Waals surface area contributed by atoms with E-state index in [2.05, 4.69) is 20.8 Å². The Bertz CT molecular complexity index is 1060. The molecule has 2 aromatic carbocycles. The molecule has 2 aromatic rings. The quantitative estimate of drug-likeness (QED) is 0.470. The first kappa shape index (κ1) is 29.0. The number of nitrogens with one attached hydrogen (secondary N) is 1. The minimum Gasteiger partial charge on any atom is -0.759 e. The maximum atomic E-state index is 13.7. The van der Waals surface area contributed by atoms with Gasteiger partial charge in [0.15, 0.2) is 0 Å². The Labute approximate surface area is 226 Å². The second-order valence-corrected chi connectivity index (χ2v) is 12.1. The average Bonchev–Trinajstić information content (AvgIpc) is 2.79. The van der Waals surface area contributed by atoms with Gasteiger partial charge >= 0.3 is 29.6 Å². The normalized spacial score (nSPS) is 18.9. The fourth-order valence-corrected chi connectivity index (χ4v) is 5.97. The molecule has 1 aliphatic carbocycles. The molecule has 1 saturated carbocycles. The standard InChI is InChI=1S/C26H35N2O4S.Na/c1-19-7-5-6-8-22(19)18-28(17-20-9-11-21(12-10-20)25(29)27-30)33(31,32)24-15-13-23(14-16-24)26(2,3)4;/h5-8,13-16,20-21H,9-12,17-18H2,1-4H3,(H-,27,29,30);/q-1;+1. The molecule has 1 N–H and O–H groups in total. The van der Waals surface area contributed by atoms with Crippen molar-refractivity contribution in [3.63, 3.8) is 0 Å². The van der Waals surface area contributed by atoms with Gasteiger partial charge in [-0.05, 0) is 72.8 Å². The van der Waals surface area contributed by atoms with E-state index in [1.165, 1.54) is 5.48 Å². The third kappa shape index (κ3) is 7.15. The number of hydrogen-bond acceptors (Lipinski definition) is 4. The van der Waals surface area contributed by atoms with Gasteiger partial charge in [-0.3, -0.25) is 4.79 Å². The van der Waals surface area contributed by atoms with Gasteiger partial charge in [0, 0.05) is 19.0 Å². The van der Waals surface area contributed by atoms with E-state index in [9.17, 15) is 18.4 Å². The molecule has 0 saturated heterocycles. The molecule has 0 bridgehead atoms. The first-order chi connectivity index (χ1) is 15.5. The predicted molar refractivity (Wildman–Crippen MR) is 131 cm³/mol. The van der Waals surface area contributed by atoms with Crippen LogP contribution in [0.4, 0.5) is 0 Å². The third-order valence-electron chi connectivity index (χ3n) is 6.75. The molecule has 3 rings (SSSR count). The summed E-state index contributed by atoms with van der Waals surface area (Å²) >= 11 is 0. The van der Waals surface area contributed by atoms with Crippen molar-refractivity contribution in [2.75, 3.05) is 6.54 Å². The fourth-order valence-electron chi connectivity index (χ4n) is 4.48. The second kappa shape index (κ2) is 12.2. The molecular weight excluding hydrogens is 459 g/mol. The van der Waals surface area contributed by atoms with E-state index in [-0.39, 0.29) is 46.8 Å². The molecule has 0 spiro atoms. The van der Waals surface area contributed by atoms with Gasteiger partial charge in [-0.25, -0.2) is 8.42 Å². The van der Waals surface area contributed by atoms with Crippen LogP contribution in [0.1, 0.15) is 63.1 Å². The Morgan fingerprint density at radius 3 is 2.15 bits per heavy atom. The Hall–Kier alpha value is -1.22. The zero-order valence-corrected chi connectivity index (χ0v) is 23.8. The monoisotopic (exact) mass is 494 g/mol. The average molecular weight is 495 g/mol. The Kier molecular flexibility index (Phi) is 10.4. The maximum Gasteiger partial charge on any atom is 1.00 e. The number of sulfonamides is 1. The van der Waals surface area contributed by atoms with Gasteiger partial charge in [-0.1, -0.05) is 57.2 Å². The SMILES string of the molecule is Cc1ccccc1CN(CC1CCC(C(=O)N[O-])CC1)S(=O)(=O)c1ccc(C(C)(C)C)cc1.[Na+]. The van der Waals surface area contributed by atoms with Crippen molar-refractivity contribution in [2.45, 2.75) is 70.2 Å². The molecule has 1 fully saturated rings. The number of hydroxylamine groups is 1. The molecule has 6 nitrogen and oxygen atoms in total. The summed E-state index contributed by atoms with van der Waals surface area (Å²) < 4.78 is 29.0. The van der Waals surface area contributed by atoms with Gasteiger partial charge in [-0.2, -0.15) is 4.31 Å². The number of nitrogens with zero attached hydrogens (tertiary/aromatic N) is 1. The van der Waals surface area contributed by atoms with Crippen LogP contribution in [0.5, 0.6) is 0 Å². The summed E-state index contributed by atoms with van der Waals surface area (Å²) in [7, 11) is -3.71. The molecule has 0 heterocycles. The van der Waals surface area contributed by atoms with E-state index in [1.54, 1.807) is 16.4 Å². The van der Waals surface area contributed by atoms with Crippen LogP contribution in [0.15, 0.2) is 53.4 Å². The van der Waals surface area contributed by atoms with Crippen molar-refractivity contribution < 1.29 is 42.8 Å². The van der Waals surface area contributed by atoms with Crippen molar-refractivity contribution in [1.82, 2.24) is 9.79 Å². The first-order valence-corrected chi connectivity index (χ1v) is 13.0. The van der Waals surface area contributed by atoms with Crippen LogP contribution in [-0.2, 0) is 26.8 Å². The van der Waals surface area contributed by atoms with Gasteiger partial charge in [0.05, 0.1) is 4.90 Å². The molecule has 1 amide bonds. The summed E-state index contributed by atoms with van der Waals surface area (Å²) in [5, 5.41) is 10.7. The van der Waals surface area contributed by atoms with Crippen LogP contribution in [0.3, 0.4) is 0 Å². The van der Waals surface area contributed by atoms with E-state index < -0.39 is 15.9 Å². The molecule has 34 heavy (non-hydrogen) atoms. The summed E-state index contributed by atoms with van der Waals surface area (Å²) in [6, 6.07) is 15.0. The molecule has 8 heteroatoms. The van der Waals surface area contributed by atoms with Gasteiger partial charge in [0.1, 0.15) is 0 Å². The molecule has 0 atom stereocenters. The van der Waals surface area contributed by atoms with E-state index in [1.807, 2.05) is 43.3 Å². The van der Waals surface area contributed by atoms with Crippen LogP contribution in [0, 0.1) is 24.0 Å². The molecular formula is C26H35N2NaO4S. The minimum atomic E-state index is -3.71. The number of carbonyl (C=O) groups is 1. The van der Waals surface area contributed by atoms with E-state index in [4.69, 9.17) is 0 Å². The first-order valence-electron chi connectivity index (χ1n) is 11.6. The van der Waals surface area contributed by atoms with E-state index in [0.717, 1.165) is 29.5 Å². The van der Waals surface area contributed by atoms with Crippen molar-refractivity contribution in [3.8, 4) is 0 Å². The number of amides is 1. The molecule has 0 unspecified atom stereocenters. The predicted octanol–water partition coefficient (Wildman–Crippen LogP) is 1.91. The Morgan fingerprint density at radius 1 is 1.03 bits per heavy atom. The van der Waals surface area contributed by atoms with Crippen molar-refractivity contribution in [2.24, 2.45) is 11.8 Å². The van der Waals surface area contributed by atoms with Crippen LogP contribution < -0.4 is 35.0 Å². The minimum absolute atomic E-state index is 0. The topological polar surface area (TPSA) is 89.5 Å². The molecule has 0 aliphatic heterocycles. The van der Waals surface area contributed by atoms with Gasteiger partial charge in [0.25, 0.3) is 0 Å². The number of carbonyl (C=O) groups excluding carboxylic acids is 1.